The minimum Gasteiger partial charge on any atom is -0.444 e. The molecule has 1 atom stereocenters. The van der Waals surface area contributed by atoms with Crippen molar-refractivity contribution in [3.05, 3.63) is 29.3 Å². The van der Waals surface area contributed by atoms with E-state index in [0.717, 1.165) is 12.8 Å². The van der Waals surface area contributed by atoms with Crippen molar-refractivity contribution in [1.29, 1.82) is 0 Å². The second kappa shape index (κ2) is 10.5. The number of amides is 3. The Labute approximate surface area is 177 Å². The van der Waals surface area contributed by atoms with E-state index in [1.807, 2.05) is 0 Å². The SMILES string of the molecule is CC(C)(C)OC(=O)N1CCCCC1C(=O)NCCCC(=O)Nc1ccc(Cl)cc1. The summed E-state index contributed by atoms with van der Waals surface area (Å²) in [6.45, 7) is 6.29. The van der Waals surface area contributed by atoms with Crippen molar-refractivity contribution in [3.8, 4) is 0 Å². The molecule has 7 nitrogen and oxygen atoms in total. The zero-order valence-electron chi connectivity index (χ0n) is 17.3. The molecule has 0 saturated carbocycles. The quantitative estimate of drug-likeness (QED) is 0.678. The molecule has 160 valence electrons. The summed E-state index contributed by atoms with van der Waals surface area (Å²) in [5.74, 6) is -0.330. The number of nitrogens with zero attached hydrogens (tertiary/aromatic N) is 1. The summed E-state index contributed by atoms with van der Waals surface area (Å²) in [6, 6.07) is 6.35. The van der Waals surface area contributed by atoms with Gasteiger partial charge in [-0.1, -0.05) is 11.6 Å². The number of nitrogens with one attached hydrogen (secondary N) is 2. The van der Waals surface area contributed by atoms with Gasteiger partial charge in [-0.15, -0.1) is 0 Å². The molecule has 1 fully saturated rings. The summed E-state index contributed by atoms with van der Waals surface area (Å²) in [6.07, 6.45) is 2.68. The number of hydrogen-bond donors (Lipinski definition) is 2. The lowest BCUT2D eigenvalue weighted by molar-refractivity contribution is -0.127. The lowest BCUT2D eigenvalue weighted by Gasteiger charge is -2.35. The van der Waals surface area contributed by atoms with Crippen molar-refractivity contribution in [3.63, 3.8) is 0 Å². The topological polar surface area (TPSA) is 87.7 Å². The number of ether oxygens (including phenoxy) is 1. The molecule has 29 heavy (non-hydrogen) atoms. The van der Waals surface area contributed by atoms with E-state index in [1.54, 1.807) is 45.0 Å². The number of benzene rings is 1. The molecule has 0 spiro atoms. The van der Waals surface area contributed by atoms with E-state index in [4.69, 9.17) is 16.3 Å². The fourth-order valence-electron chi connectivity index (χ4n) is 3.08. The molecule has 1 saturated heterocycles. The second-order valence-electron chi connectivity index (χ2n) is 8.13. The third-order valence-corrected chi connectivity index (χ3v) is 4.69. The van der Waals surface area contributed by atoms with Crippen molar-refractivity contribution < 1.29 is 19.1 Å². The van der Waals surface area contributed by atoms with Gasteiger partial charge in [-0.25, -0.2) is 4.79 Å². The third kappa shape index (κ3) is 7.93. The van der Waals surface area contributed by atoms with Gasteiger partial charge >= 0.3 is 6.09 Å². The van der Waals surface area contributed by atoms with Gasteiger partial charge in [-0.2, -0.15) is 0 Å². The van der Waals surface area contributed by atoms with Crippen molar-refractivity contribution in [2.75, 3.05) is 18.4 Å². The monoisotopic (exact) mass is 423 g/mol. The van der Waals surface area contributed by atoms with E-state index in [0.29, 0.717) is 36.6 Å². The maximum atomic E-state index is 12.6. The van der Waals surface area contributed by atoms with Crippen LogP contribution in [0.2, 0.25) is 5.02 Å². The zero-order chi connectivity index (χ0) is 21.4. The minimum absolute atomic E-state index is 0.130. The summed E-state index contributed by atoms with van der Waals surface area (Å²) in [5.41, 5.74) is 0.0751. The Morgan fingerprint density at radius 1 is 1.17 bits per heavy atom. The van der Waals surface area contributed by atoms with E-state index in [9.17, 15) is 14.4 Å². The van der Waals surface area contributed by atoms with Crippen molar-refractivity contribution in [2.45, 2.75) is 64.5 Å². The maximum Gasteiger partial charge on any atom is 0.410 e. The second-order valence-corrected chi connectivity index (χ2v) is 8.57. The van der Waals surface area contributed by atoms with Gasteiger partial charge in [0.2, 0.25) is 11.8 Å². The van der Waals surface area contributed by atoms with Crippen LogP contribution in [0.5, 0.6) is 0 Å². The Balaban J connectivity index is 1.76. The Hall–Kier alpha value is -2.28. The van der Waals surface area contributed by atoms with E-state index in [1.165, 1.54) is 4.90 Å². The fraction of sp³-hybridized carbons (Fsp3) is 0.571. The van der Waals surface area contributed by atoms with E-state index in [2.05, 4.69) is 10.6 Å². The van der Waals surface area contributed by atoms with Gasteiger partial charge in [-0.05, 0) is 70.7 Å². The van der Waals surface area contributed by atoms with Gasteiger partial charge < -0.3 is 15.4 Å². The Morgan fingerprint density at radius 2 is 1.86 bits per heavy atom. The van der Waals surface area contributed by atoms with Crippen LogP contribution >= 0.6 is 11.6 Å². The molecule has 1 aromatic carbocycles. The van der Waals surface area contributed by atoms with E-state index < -0.39 is 17.7 Å². The summed E-state index contributed by atoms with van der Waals surface area (Å²) < 4.78 is 5.42. The van der Waals surface area contributed by atoms with E-state index >= 15 is 0 Å². The largest absolute Gasteiger partial charge is 0.444 e. The molecule has 0 bridgehead atoms. The number of halogens is 1. The van der Waals surface area contributed by atoms with Crippen LogP contribution in [0.1, 0.15) is 52.9 Å². The van der Waals surface area contributed by atoms with Gasteiger partial charge in [0.25, 0.3) is 0 Å². The van der Waals surface area contributed by atoms with Crippen LogP contribution in [-0.4, -0.2) is 47.5 Å². The maximum absolute atomic E-state index is 12.6. The predicted octanol–water partition coefficient (Wildman–Crippen LogP) is 3.96. The molecule has 1 unspecified atom stereocenters. The molecule has 0 aliphatic carbocycles. The Bertz CT molecular complexity index is 716. The van der Waals surface area contributed by atoms with Crippen molar-refractivity contribution >= 4 is 35.2 Å². The first-order valence-electron chi connectivity index (χ1n) is 9.98. The molecule has 2 rings (SSSR count). The van der Waals surface area contributed by atoms with E-state index in [-0.39, 0.29) is 18.2 Å². The van der Waals surface area contributed by atoms with Crippen LogP contribution in [-0.2, 0) is 14.3 Å². The molecule has 3 amide bonds. The first-order valence-corrected chi connectivity index (χ1v) is 10.4. The third-order valence-electron chi connectivity index (χ3n) is 4.44. The molecule has 0 aromatic heterocycles. The average Bonchev–Trinajstić information content (AvgIpc) is 2.65. The first kappa shape index (κ1) is 23.0. The molecular weight excluding hydrogens is 394 g/mol. The van der Waals surface area contributed by atoms with Crippen LogP contribution in [0.25, 0.3) is 0 Å². The summed E-state index contributed by atoms with van der Waals surface area (Å²) in [4.78, 5) is 38.5. The zero-order valence-corrected chi connectivity index (χ0v) is 18.1. The van der Waals surface area contributed by atoms with Crippen LogP contribution in [0.15, 0.2) is 24.3 Å². The van der Waals surface area contributed by atoms with Gasteiger partial charge in [0.05, 0.1) is 0 Å². The van der Waals surface area contributed by atoms with Crippen molar-refractivity contribution in [2.24, 2.45) is 0 Å². The molecule has 1 aliphatic heterocycles. The number of anilines is 1. The molecule has 1 aromatic rings. The number of rotatable bonds is 6. The molecule has 1 aliphatic rings. The average molecular weight is 424 g/mol. The van der Waals surface area contributed by atoms with Gasteiger partial charge in [0, 0.05) is 30.2 Å². The summed E-state index contributed by atoms with van der Waals surface area (Å²) in [5, 5.41) is 6.23. The highest BCUT2D eigenvalue weighted by atomic mass is 35.5. The molecule has 1 heterocycles. The summed E-state index contributed by atoms with van der Waals surface area (Å²) >= 11 is 5.82. The van der Waals surface area contributed by atoms with Gasteiger partial charge in [-0.3, -0.25) is 14.5 Å². The molecule has 0 radical (unpaired) electrons. The first-order chi connectivity index (χ1) is 13.7. The van der Waals surface area contributed by atoms with Crippen molar-refractivity contribution in [1.82, 2.24) is 10.2 Å². The molecule has 2 N–H and O–H groups in total. The number of likely N-dealkylation sites (tertiary alicyclic amines) is 1. The minimum atomic E-state index is -0.604. The molecular formula is C21H30ClN3O4. The van der Waals surface area contributed by atoms with Gasteiger partial charge in [0.15, 0.2) is 0 Å². The van der Waals surface area contributed by atoms with Crippen LogP contribution < -0.4 is 10.6 Å². The predicted molar refractivity (Wildman–Crippen MR) is 113 cm³/mol. The number of piperidine rings is 1. The highest BCUT2D eigenvalue weighted by molar-refractivity contribution is 6.30. The smallest absolute Gasteiger partial charge is 0.410 e. The highest BCUT2D eigenvalue weighted by Crippen LogP contribution is 2.20. The number of hydrogen-bond acceptors (Lipinski definition) is 4. The number of carbonyl (C=O) groups excluding carboxylic acids is 3. The normalized spacial score (nSPS) is 16.8. The molecule has 8 heteroatoms. The van der Waals surface area contributed by atoms with Crippen LogP contribution in [0, 0.1) is 0 Å². The van der Waals surface area contributed by atoms with Gasteiger partial charge in [0.1, 0.15) is 11.6 Å². The standard InChI is InChI=1S/C21H30ClN3O4/c1-21(2,3)29-20(28)25-14-5-4-7-17(25)19(27)23-13-6-8-18(26)24-16-11-9-15(22)10-12-16/h9-12,17H,4-8,13-14H2,1-3H3,(H,23,27)(H,24,26). The Kier molecular flexibility index (Phi) is 8.32. The van der Waals surface area contributed by atoms with Crippen LogP contribution in [0.3, 0.4) is 0 Å². The summed E-state index contributed by atoms with van der Waals surface area (Å²) in [7, 11) is 0. The highest BCUT2D eigenvalue weighted by Gasteiger charge is 2.34. The van der Waals surface area contributed by atoms with Crippen LogP contribution in [0.4, 0.5) is 10.5 Å². The lowest BCUT2D eigenvalue weighted by atomic mass is 10.0. The number of carbonyl (C=O) groups is 3. The Morgan fingerprint density at radius 3 is 2.52 bits per heavy atom. The fourth-order valence-corrected chi connectivity index (χ4v) is 3.20. The lowest BCUT2D eigenvalue weighted by Crippen LogP contribution is -2.53.